The van der Waals surface area contributed by atoms with Crippen molar-refractivity contribution in [2.24, 2.45) is 0 Å². The van der Waals surface area contributed by atoms with Crippen molar-refractivity contribution < 1.29 is 4.74 Å². The van der Waals surface area contributed by atoms with Crippen LogP contribution in [0.25, 0.3) is 0 Å². The molecule has 37 heavy (non-hydrogen) atoms. The molecule has 3 heteroatoms. The summed E-state index contributed by atoms with van der Waals surface area (Å²) in [4.78, 5) is 2.64. The summed E-state index contributed by atoms with van der Waals surface area (Å²) in [5.74, 6) is 2.87. The minimum Gasteiger partial charge on any atom is -0.496 e. The van der Waals surface area contributed by atoms with Gasteiger partial charge in [-0.15, -0.1) is 0 Å². The van der Waals surface area contributed by atoms with Crippen molar-refractivity contribution in [1.82, 2.24) is 0 Å². The molecule has 0 amide bonds. The highest BCUT2D eigenvalue weighted by molar-refractivity contribution is 7.69. The first-order valence-electron chi connectivity index (χ1n) is 13.9. The SMILES string of the molecule is COc1cccc2c1[P@](C(C)(C)C)[C@@H](Cc1c(C(C)C)cc(C(C)C)cc1C(C)C)N2c1ccccc1. The van der Waals surface area contributed by atoms with E-state index in [9.17, 15) is 0 Å². The first-order chi connectivity index (χ1) is 17.5. The van der Waals surface area contributed by atoms with Gasteiger partial charge in [0.15, 0.2) is 0 Å². The molecule has 0 saturated carbocycles. The highest BCUT2D eigenvalue weighted by Crippen LogP contribution is 2.64. The van der Waals surface area contributed by atoms with Crippen molar-refractivity contribution in [3.8, 4) is 5.75 Å². The van der Waals surface area contributed by atoms with Gasteiger partial charge < -0.3 is 9.64 Å². The number of anilines is 2. The zero-order valence-electron chi connectivity index (χ0n) is 24.6. The number of fused-ring (bicyclic) bond motifs is 1. The van der Waals surface area contributed by atoms with Crippen LogP contribution in [0, 0.1) is 0 Å². The van der Waals surface area contributed by atoms with Gasteiger partial charge in [-0.05, 0) is 83.8 Å². The van der Waals surface area contributed by atoms with E-state index < -0.39 is 7.92 Å². The van der Waals surface area contributed by atoms with Gasteiger partial charge in [-0.3, -0.25) is 0 Å². The third kappa shape index (κ3) is 5.33. The largest absolute Gasteiger partial charge is 0.496 e. The van der Waals surface area contributed by atoms with E-state index in [4.69, 9.17) is 4.74 Å². The summed E-state index contributed by atoms with van der Waals surface area (Å²) in [7, 11) is 1.26. The number of hydrogen-bond donors (Lipinski definition) is 0. The summed E-state index contributed by atoms with van der Waals surface area (Å²) in [6.45, 7) is 21.4. The zero-order valence-corrected chi connectivity index (χ0v) is 25.5. The topological polar surface area (TPSA) is 12.5 Å². The zero-order chi connectivity index (χ0) is 27.1. The van der Waals surface area contributed by atoms with E-state index in [2.05, 4.69) is 128 Å². The van der Waals surface area contributed by atoms with Gasteiger partial charge in [0, 0.05) is 11.0 Å². The molecule has 3 aromatic carbocycles. The molecule has 0 bridgehead atoms. The van der Waals surface area contributed by atoms with E-state index >= 15 is 0 Å². The number of para-hydroxylation sites is 1. The molecule has 198 valence electrons. The molecule has 0 N–H and O–H groups in total. The van der Waals surface area contributed by atoms with Crippen LogP contribution in [0.15, 0.2) is 60.7 Å². The van der Waals surface area contributed by atoms with Crippen LogP contribution >= 0.6 is 7.92 Å². The molecule has 1 heterocycles. The maximum Gasteiger partial charge on any atom is 0.128 e. The van der Waals surface area contributed by atoms with Crippen molar-refractivity contribution >= 4 is 24.6 Å². The predicted molar refractivity (Wildman–Crippen MR) is 164 cm³/mol. The standard InChI is InChI=1S/C34H46NOP/c1-22(2)25-19-27(23(3)4)29(28(20-25)24(5)6)21-32-35(26-15-12-11-13-16-26)30-17-14-18-31(36-10)33(30)37(32)34(7,8)9/h11-20,22-24,32H,21H2,1-10H3/t32-,37+/m0/s1. The maximum absolute atomic E-state index is 6.02. The Morgan fingerprint density at radius 3 is 1.89 bits per heavy atom. The fourth-order valence-electron chi connectivity index (χ4n) is 5.93. The van der Waals surface area contributed by atoms with Gasteiger partial charge in [0.05, 0.1) is 18.6 Å². The summed E-state index contributed by atoms with van der Waals surface area (Å²) in [5, 5.41) is 1.54. The third-order valence-electron chi connectivity index (χ3n) is 7.69. The fraction of sp³-hybridized carbons (Fsp3) is 0.471. The van der Waals surface area contributed by atoms with Crippen molar-refractivity contribution in [2.45, 2.75) is 97.4 Å². The quantitative estimate of drug-likeness (QED) is 0.290. The molecular formula is C34H46NOP. The van der Waals surface area contributed by atoms with Crippen LogP contribution in [0.4, 0.5) is 11.4 Å². The Hall–Kier alpha value is -2.31. The van der Waals surface area contributed by atoms with E-state index in [1.807, 2.05) is 7.11 Å². The maximum atomic E-state index is 6.02. The van der Waals surface area contributed by atoms with E-state index in [1.165, 1.54) is 33.4 Å². The monoisotopic (exact) mass is 515 g/mol. The Morgan fingerprint density at radius 2 is 1.41 bits per heavy atom. The van der Waals surface area contributed by atoms with Gasteiger partial charge in [-0.1, -0.05) is 98.7 Å². The smallest absolute Gasteiger partial charge is 0.128 e. The number of ether oxygens (including phenoxy) is 1. The first-order valence-corrected chi connectivity index (χ1v) is 15.3. The van der Waals surface area contributed by atoms with E-state index in [0.717, 1.165) is 12.2 Å². The first kappa shape index (κ1) is 27.7. The number of methoxy groups -OCH3 is 1. The summed E-state index contributed by atoms with van der Waals surface area (Å²) >= 11 is 0. The Balaban J connectivity index is 1.98. The average molecular weight is 516 g/mol. The van der Waals surface area contributed by atoms with Crippen LogP contribution < -0.4 is 14.9 Å². The molecule has 0 saturated heterocycles. The Labute approximate surface area is 227 Å². The van der Waals surface area contributed by atoms with Crippen LogP contribution in [0.3, 0.4) is 0 Å². The molecule has 2 atom stereocenters. The molecule has 0 fully saturated rings. The number of benzene rings is 3. The van der Waals surface area contributed by atoms with Crippen molar-refractivity contribution in [3.63, 3.8) is 0 Å². The van der Waals surface area contributed by atoms with Crippen molar-refractivity contribution in [3.05, 3.63) is 82.9 Å². The third-order valence-corrected chi connectivity index (χ3v) is 11.1. The van der Waals surface area contributed by atoms with Gasteiger partial charge in [0.1, 0.15) is 5.75 Å². The van der Waals surface area contributed by atoms with Crippen LogP contribution in [-0.2, 0) is 6.42 Å². The second-order valence-electron chi connectivity index (χ2n) is 12.4. The van der Waals surface area contributed by atoms with Crippen LogP contribution in [0.1, 0.15) is 102 Å². The summed E-state index contributed by atoms with van der Waals surface area (Å²) in [5.41, 5.74) is 8.65. The number of hydrogen-bond acceptors (Lipinski definition) is 2. The van der Waals surface area contributed by atoms with E-state index in [0.29, 0.717) is 23.5 Å². The lowest BCUT2D eigenvalue weighted by Gasteiger charge is -2.38. The summed E-state index contributed by atoms with van der Waals surface area (Å²) in [6.07, 6.45) is 1.04. The molecule has 3 aromatic rings. The molecule has 0 unspecified atom stereocenters. The van der Waals surface area contributed by atoms with Gasteiger partial charge in [0.25, 0.3) is 0 Å². The highest BCUT2D eigenvalue weighted by Gasteiger charge is 2.46. The molecule has 1 aliphatic heterocycles. The minimum atomic E-state index is -0.561. The molecule has 4 rings (SSSR count). The molecule has 0 aromatic heterocycles. The lowest BCUT2D eigenvalue weighted by Crippen LogP contribution is -2.32. The van der Waals surface area contributed by atoms with E-state index in [1.54, 1.807) is 5.56 Å². The van der Waals surface area contributed by atoms with Crippen LogP contribution in [0.2, 0.25) is 0 Å². The van der Waals surface area contributed by atoms with Crippen molar-refractivity contribution in [2.75, 3.05) is 12.0 Å². The lowest BCUT2D eigenvalue weighted by atomic mass is 9.83. The normalized spacial score (nSPS) is 17.7. The molecular weight excluding hydrogens is 469 g/mol. The minimum absolute atomic E-state index is 0.126. The Morgan fingerprint density at radius 1 is 0.811 bits per heavy atom. The van der Waals surface area contributed by atoms with Crippen LogP contribution in [0.5, 0.6) is 5.75 Å². The number of rotatable bonds is 7. The van der Waals surface area contributed by atoms with Crippen LogP contribution in [-0.4, -0.2) is 18.0 Å². The molecule has 0 aliphatic carbocycles. The molecule has 1 aliphatic rings. The van der Waals surface area contributed by atoms with Gasteiger partial charge >= 0.3 is 0 Å². The second kappa shape index (κ2) is 10.8. The second-order valence-corrected chi connectivity index (χ2v) is 15.5. The van der Waals surface area contributed by atoms with Gasteiger partial charge in [-0.2, -0.15) is 0 Å². The Bertz CT molecular complexity index is 1190. The lowest BCUT2D eigenvalue weighted by molar-refractivity contribution is 0.418. The van der Waals surface area contributed by atoms with E-state index in [-0.39, 0.29) is 5.16 Å². The Kier molecular flexibility index (Phi) is 8.10. The average Bonchev–Trinajstić information content (AvgIpc) is 3.18. The molecule has 0 radical (unpaired) electrons. The predicted octanol–water partition coefficient (Wildman–Crippen LogP) is 9.69. The molecule has 2 nitrogen and oxygen atoms in total. The number of nitrogens with zero attached hydrogens (tertiary/aromatic N) is 1. The van der Waals surface area contributed by atoms with Gasteiger partial charge in [-0.25, -0.2) is 0 Å². The highest BCUT2D eigenvalue weighted by atomic mass is 31.1. The fourth-order valence-corrected chi connectivity index (χ4v) is 9.47. The van der Waals surface area contributed by atoms with Gasteiger partial charge in [0.2, 0.25) is 0 Å². The molecule has 0 spiro atoms. The van der Waals surface area contributed by atoms with Crippen molar-refractivity contribution in [1.29, 1.82) is 0 Å². The summed E-state index contributed by atoms with van der Waals surface area (Å²) < 4.78 is 6.02. The summed E-state index contributed by atoms with van der Waals surface area (Å²) in [6, 6.07) is 22.6.